The summed E-state index contributed by atoms with van der Waals surface area (Å²) in [6.45, 7) is 11.3. The van der Waals surface area contributed by atoms with E-state index in [4.69, 9.17) is 9.47 Å². The third-order valence-electron chi connectivity index (χ3n) is 4.16. The molecule has 0 amide bonds. The molecular formula is C18H29NO3. The Hall–Kier alpha value is -1.10. The van der Waals surface area contributed by atoms with E-state index in [1.165, 1.54) is 11.1 Å². The van der Waals surface area contributed by atoms with Crippen molar-refractivity contribution in [2.45, 2.75) is 52.4 Å². The molecule has 1 aromatic carbocycles. The molecule has 1 aliphatic heterocycles. The minimum absolute atomic E-state index is 0.239. The Morgan fingerprint density at radius 1 is 1.23 bits per heavy atom. The van der Waals surface area contributed by atoms with Crippen molar-refractivity contribution in [2.24, 2.45) is 0 Å². The van der Waals surface area contributed by atoms with Crippen molar-refractivity contribution in [1.29, 1.82) is 0 Å². The van der Waals surface area contributed by atoms with Gasteiger partial charge in [0, 0.05) is 26.1 Å². The first-order valence-corrected chi connectivity index (χ1v) is 8.20. The lowest BCUT2D eigenvalue weighted by atomic mass is 10.1. The zero-order chi connectivity index (χ0) is 16.1. The topological polar surface area (TPSA) is 41.9 Å². The highest BCUT2D eigenvalue weighted by Gasteiger charge is 2.23. The normalized spacial score (nSPS) is 24.2. The van der Waals surface area contributed by atoms with Crippen LogP contribution in [0.3, 0.4) is 0 Å². The van der Waals surface area contributed by atoms with Crippen LogP contribution in [-0.2, 0) is 4.74 Å². The molecule has 4 nitrogen and oxygen atoms in total. The number of hydrogen-bond donors (Lipinski definition) is 1. The molecule has 22 heavy (non-hydrogen) atoms. The Bertz CT molecular complexity index is 467. The molecule has 0 radical (unpaired) electrons. The van der Waals surface area contributed by atoms with Gasteiger partial charge in [0.25, 0.3) is 0 Å². The average Bonchev–Trinajstić information content (AvgIpc) is 2.41. The maximum Gasteiger partial charge on any atom is 0.119 e. The van der Waals surface area contributed by atoms with Crippen LogP contribution < -0.4 is 4.74 Å². The molecule has 1 aliphatic rings. The molecule has 124 valence electrons. The largest absolute Gasteiger partial charge is 0.493 e. The summed E-state index contributed by atoms with van der Waals surface area (Å²) in [4.78, 5) is 2.28. The van der Waals surface area contributed by atoms with Crippen LogP contribution in [0.1, 0.15) is 31.4 Å². The number of aliphatic hydroxyl groups excluding tert-OH is 1. The van der Waals surface area contributed by atoms with Gasteiger partial charge in [-0.15, -0.1) is 0 Å². The third kappa shape index (κ3) is 5.27. The molecule has 0 aliphatic carbocycles. The smallest absolute Gasteiger partial charge is 0.119 e. The van der Waals surface area contributed by atoms with Gasteiger partial charge in [-0.1, -0.05) is 6.07 Å². The monoisotopic (exact) mass is 307 g/mol. The van der Waals surface area contributed by atoms with E-state index >= 15 is 0 Å². The number of rotatable bonds is 6. The molecule has 1 fully saturated rings. The zero-order valence-electron chi connectivity index (χ0n) is 14.2. The van der Waals surface area contributed by atoms with Crippen molar-refractivity contribution in [3.05, 3.63) is 29.3 Å². The summed E-state index contributed by atoms with van der Waals surface area (Å²) in [5.74, 6) is 0.879. The van der Waals surface area contributed by atoms with E-state index in [1.807, 2.05) is 12.1 Å². The number of aryl methyl sites for hydroxylation is 2. The quantitative estimate of drug-likeness (QED) is 0.877. The highest BCUT2D eigenvalue weighted by Crippen LogP contribution is 2.17. The van der Waals surface area contributed by atoms with Crippen LogP contribution in [0.5, 0.6) is 5.75 Å². The van der Waals surface area contributed by atoms with E-state index in [9.17, 15) is 5.11 Å². The van der Waals surface area contributed by atoms with E-state index < -0.39 is 0 Å². The van der Waals surface area contributed by atoms with Crippen LogP contribution in [0.4, 0.5) is 0 Å². The van der Waals surface area contributed by atoms with Gasteiger partial charge in [0.2, 0.25) is 0 Å². The first-order chi connectivity index (χ1) is 10.4. The third-order valence-corrected chi connectivity index (χ3v) is 4.16. The minimum atomic E-state index is -0.357. The van der Waals surface area contributed by atoms with Gasteiger partial charge in [-0.05, 0) is 51.0 Å². The van der Waals surface area contributed by atoms with E-state index in [1.54, 1.807) is 0 Å². The molecule has 3 atom stereocenters. The average molecular weight is 307 g/mol. The Balaban J connectivity index is 1.71. The fourth-order valence-electron chi connectivity index (χ4n) is 2.94. The van der Waals surface area contributed by atoms with Gasteiger partial charge in [0.05, 0.1) is 24.9 Å². The van der Waals surface area contributed by atoms with E-state index in [-0.39, 0.29) is 18.3 Å². The molecule has 0 spiro atoms. The van der Waals surface area contributed by atoms with Crippen LogP contribution in [-0.4, -0.2) is 54.6 Å². The first-order valence-electron chi connectivity index (χ1n) is 8.20. The van der Waals surface area contributed by atoms with Crippen LogP contribution in [0, 0.1) is 13.8 Å². The number of morpholine rings is 1. The lowest BCUT2D eigenvalue weighted by Crippen LogP contribution is -2.48. The van der Waals surface area contributed by atoms with Crippen molar-refractivity contribution in [2.75, 3.05) is 26.2 Å². The van der Waals surface area contributed by atoms with Crippen molar-refractivity contribution < 1.29 is 14.6 Å². The molecule has 1 heterocycles. The molecule has 0 saturated carbocycles. The minimum Gasteiger partial charge on any atom is -0.493 e. The number of ether oxygens (including phenoxy) is 2. The SMILES string of the molecule is Cc1ccc(OCC[C@@H](O)CN2C[C@@H](C)O[C@@H](C)C2)cc1C. The predicted octanol–water partition coefficient (Wildman–Crippen LogP) is 2.54. The molecular weight excluding hydrogens is 278 g/mol. The summed E-state index contributed by atoms with van der Waals surface area (Å²) < 4.78 is 11.5. The van der Waals surface area contributed by atoms with Crippen molar-refractivity contribution in [1.82, 2.24) is 4.90 Å². The summed E-state index contributed by atoms with van der Waals surface area (Å²) in [5.41, 5.74) is 2.50. The lowest BCUT2D eigenvalue weighted by molar-refractivity contribution is -0.0772. The second-order valence-electron chi connectivity index (χ2n) is 6.51. The fraction of sp³-hybridized carbons (Fsp3) is 0.667. The molecule has 0 unspecified atom stereocenters. The van der Waals surface area contributed by atoms with Crippen molar-refractivity contribution in [3.8, 4) is 5.75 Å². The van der Waals surface area contributed by atoms with Crippen LogP contribution >= 0.6 is 0 Å². The van der Waals surface area contributed by atoms with Gasteiger partial charge in [-0.2, -0.15) is 0 Å². The fourth-order valence-corrected chi connectivity index (χ4v) is 2.94. The molecule has 2 rings (SSSR count). The van der Waals surface area contributed by atoms with Crippen molar-refractivity contribution >= 4 is 0 Å². The number of β-amino-alcohol motifs (C(OH)–C–C–N with tert-alkyl or cyclic N) is 1. The van der Waals surface area contributed by atoms with Crippen LogP contribution in [0.25, 0.3) is 0 Å². The second-order valence-corrected chi connectivity index (χ2v) is 6.51. The molecule has 0 bridgehead atoms. The van der Waals surface area contributed by atoms with Crippen LogP contribution in [0.2, 0.25) is 0 Å². The predicted molar refractivity (Wildman–Crippen MR) is 88.5 cm³/mol. The molecule has 1 aromatic rings. The van der Waals surface area contributed by atoms with Gasteiger partial charge in [-0.25, -0.2) is 0 Å². The Morgan fingerprint density at radius 2 is 1.91 bits per heavy atom. The molecule has 1 N–H and O–H groups in total. The van der Waals surface area contributed by atoms with E-state index in [0.717, 1.165) is 18.8 Å². The number of aliphatic hydroxyl groups is 1. The molecule has 0 aromatic heterocycles. The summed E-state index contributed by atoms with van der Waals surface area (Å²) in [7, 11) is 0. The van der Waals surface area contributed by atoms with Gasteiger partial charge in [0.1, 0.15) is 5.75 Å². The van der Waals surface area contributed by atoms with E-state index in [2.05, 4.69) is 38.7 Å². The summed E-state index contributed by atoms with van der Waals surface area (Å²) in [5, 5.41) is 10.2. The molecule has 4 heteroatoms. The highest BCUT2D eigenvalue weighted by molar-refractivity contribution is 5.33. The van der Waals surface area contributed by atoms with Crippen molar-refractivity contribution in [3.63, 3.8) is 0 Å². The van der Waals surface area contributed by atoms with Gasteiger partial charge in [0.15, 0.2) is 0 Å². The molecule has 1 saturated heterocycles. The lowest BCUT2D eigenvalue weighted by Gasteiger charge is -2.36. The highest BCUT2D eigenvalue weighted by atomic mass is 16.5. The van der Waals surface area contributed by atoms with Crippen LogP contribution in [0.15, 0.2) is 18.2 Å². The standard InChI is InChI=1S/C18H29NO3/c1-13-5-6-18(9-14(13)2)21-8-7-17(20)12-19-10-15(3)22-16(4)11-19/h5-6,9,15-17,20H,7-8,10-12H2,1-4H3/t15-,16+,17-/m1/s1. The maximum atomic E-state index is 10.2. The van der Waals surface area contributed by atoms with Gasteiger partial charge >= 0.3 is 0 Å². The van der Waals surface area contributed by atoms with Gasteiger partial charge < -0.3 is 14.6 Å². The Kier molecular flexibility index (Phi) is 6.24. The Labute approximate surface area is 134 Å². The van der Waals surface area contributed by atoms with E-state index in [0.29, 0.717) is 19.6 Å². The number of nitrogens with zero attached hydrogens (tertiary/aromatic N) is 1. The summed E-state index contributed by atoms with van der Waals surface area (Å²) in [6.07, 6.45) is 0.766. The Morgan fingerprint density at radius 3 is 2.55 bits per heavy atom. The van der Waals surface area contributed by atoms with Gasteiger partial charge in [-0.3, -0.25) is 4.90 Å². The summed E-state index contributed by atoms with van der Waals surface area (Å²) >= 11 is 0. The second kappa shape index (κ2) is 7.95. The summed E-state index contributed by atoms with van der Waals surface area (Å²) in [6, 6.07) is 6.10. The zero-order valence-corrected chi connectivity index (χ0v) is 14.2. The number of benzene rings is 1. The first kappa shape index (κ1) is 17.3. The number of hydrogen-bond acceptors (Lipinski definition) is 4. The maximum absolute atomic E-state index is 10.2.